The Morgan fingerprint density at radius 3 is 2.57 bits per heavy atom. The third kappa shape index (κ3) is 4.96. The van der Waals surface area contributed by atoms with Crippen LogP contribution in [0.2, 0.25) is 5.02 Å². The van der Waals surface area contributed by atoms with E-state index in [1.54, 1.807) is 12.4 Å². The lowest BCUT2D eigenvalue weighted by Gasteiger charge is -2.07. The molecule has 3 aromatic rings. The van der Waals surface area contributed by atoms with E-state index < -0.39 is 0 Å². The van der Waals surface area contributed by atoms with Gasteiger partial charge in [0.1, 0.15) is 0 Å². The number of pyridine rings is 1. The molecule has 3 rings (SSSR count). The molecule has 1 amide bonds. The molecule has 0 fully saturated rings. The molecule has 0 unspecified atom stereocenters. The Balaban J connectivity index is 1.63. The highest BCUT2D eigenvalue weighted by Gasteiger charge is 2.14. The lowest BCUT2D eigenvalue weighted by Crippen LogP contribution is -2.21. The van der Waals surface area contributed by atoms with Gasteiger partial charge in [0.15, 0.2) is 11.0 Å². The fraction of sp³-hybridized carbons (Fsp3) is 0.211. The van der Waals surface area contributed by atoms with Gasteiger partial charge in [-0.25, -0.2) is 5.43 Å². The monoisotopic (exact) mass is 414 g/mol. The van der Waals surface area contributed by atoms with Gasteiger partial charge in [0.25, 0.3) is 5.91 Å². The summed E-state index contributed by atoms with van der Waals surface area (Å²) in [5.74, 6) is 0.719. The van der Waals surface area contributed by atoms with Crippen molar-refractivity contribution in [2.24, 2.45) is 5.10 Å². The van der Waals surface area contributed by atoms with Crippen molar-refractivity contribution < 1.29 is 4.79 Å². The number of carbonyl (C=O) groups excluding carboxylic acids is 1. The number of hydrazone groups is 1. The minimum Gasteiger partial charge on any atom is -0.302 e. The van der Waals surface area contributed by atoms with E-state index in [-0.39, 0.29) is 11.7 Å². The van der Waals surface area contributed by atoms with E-state index in [1.807, 2.05) is 54.8 Å². The van der Waals surface area contributed by atoms with Gasteiger partial charge in [-0.05, 0) is 50.2 Å². The molecule has 9 heteroatoms. The van der Waals surface area contributed by atoms with E-state index >= 15 is 0 Å². The molecule has 0 spiro atoms. The fourth-order valence-electron chi connectivity index (χ4n) is 2.46. The van der Waals surface area contributed by atoms with Crippen molar-refractivity contribution >= 4 is 35.0 Å². The summed E-state index contributed by atoms with van der Waals surface area (Å²) in [5, 5.41) is 14.0. The van der Waals surface area contributed by atoms with Crippen LogP contribution in [0.5, 0.6) is 0 Å². The molecule has 0 saturated carbocycles. The quantitative estimate of drug-likeness (QED) is 0.362. The number of rotatable bonds is 7. The molecule has 7 nitrogen and oxygen atoms in total. The molecule has 2 heterocycles. The number of carbonyl (C=O) groups is 1. The Hall–Kier alpha value is -2.71. The maximum absolute atomic E-state index is 12.1. The number of hydrogen-bond donors (Lipinski definition) is 1. The van der Waals surface area contributed by atoms with Crippen LogP contribution < -0.4 is 5.43 Å². The summed E-state index contributed by atoms with van der Waals surface area (Å²) in [4.78, 5) is 16.1. The van der Waals surface area contributed by atoms with Crippen LogP contribution >= 0.6 is 23.4 Å². The van der Waals surface area contributed by atoms with E-state index in [4.69, 9.17) is 11.6 Å². The Morgan fingerprint density at radius 1 is 1.18 bits per heavy atom. The minimum atomic E-state index is -0.211. The van der Waals surface area contributed by atoms with Crippen LogP contribution in [0.4, 0.5) is 0 Å². The Morgan fingerprint density at radius 2 is 1.89 bits per heavy atom. The lowest BCUT2D eigenvalue weighted by molar-refractivity contribution is -0.118. The third-order valence-corrected chi connectivity index (χ3v) is 5.13. The summed E-state index contributed by atoms with van der Waals surface area (Å²) in [7, 11) is 0. The van der Waals surface area contributed by atoms with Gasteiger partial charge in [0.05, 0.1) is 11.5 Å². The van der Waals surface area contributed by atoms with Gasteiger partial charge in [-0.2, -0.15) is 5.10 Å². The first-order chi connectivity index (χ1) is 13.6. The highest BCUT2D eigenvalue weighted by atomic mass is 35.5. The molecule has 28 heavy (non-hydrogen) atoms. The average Bonchev–Trinajstić information content (AvgIpc) is 3.14. The van der Waals surface area contributed by atoms with Crippen molar-refractivity contribution in [3.8, 4) is 11.4 Å². The van der Waals surface area contributed by atoms with Crippen molar-refractivity contribution in [3.05, 3.63) is 59.4 Å². The van der Waals surface area contributed by atoms with Gasteiger partial charge >= 0.3 is 0 Å². The number of amides is 1. The first kappa shape index (κ1) is 20.0. The Bertz CT molecular complexity index is 972. The normalized spacial score (nSPS) is 11.5. The van der Waals surface area contributed by atoms with Gasteiger partial charge in [-0.15, -0.1) is 10.2 Å². The zero-order chi connectivity index (χ0) is 19.9. The van der Waals surface area contributed by atoms with E-state index in [2.05, 4.69) is 25.7 Å². The zero-order valence-corrected chi connectivity index (χ0v) is 17.0. The molecule has 0 atom stereocenters. The summed E-state index contributed by atoms with van der Waals surface area (Å²) in [5.41, 5.74) is 5.11. The molecule has 0 aliphatic carbocycles. The van der Waals surface area contributed by atoms with Gasteiger partial charge in [0, 0.05) is 35.1 Å². The van der Waals surface area contributed by atoms with Crippen LogP contribution in [0.15, 0.2) is 59.0 Å². The topological polar surface area (TPSA) is 85.1 Å². The van der Waals surface area contributed by atoms with E-state index in [9.17, 15) is 4.79 Å². The largest absolute Gasteiger partial charge is 0.302 e. The molecule has 1 N–H and O–H groups in total. The van der Waals surface area contributed by atoms with Gasteiger partial charge in [0.2, 0.25) is 0 Å². The van der Waals surface area contributed by atoms with E-state index in [0.717, 1.165) is 17.0 Å². The summed E-state index contributed by atoms with van der Waals surface area (Å²) in [6.45, 7) is 4.53. The Kier molecular flexibility index (Phi) is 6.78. The number of aromatic nitrogens is 4. The number of nitrogens with one attached hydrogen (secondary N) is 1. The van der Waals surface area contributed by atoms with Crippen LogP contribution in [-0.2, 0) is 11.3 Å². The van der Waals surface area contributed by atoms with Crippen molar-refractivity contribution in [1.82, 2.24) is 25.2 Å². The second-order valence-corrected chi connectivity index (χ2v) is 7.19. The molecular formula is C19H19ClN6OS. The molecule has 144 valence electrons. The number of benzene rings is 1. The van der Waals surface area contributed by atoms with Gasteiger partial charge < -0.3 is 4.57 Å². The van der Waals surface area contributed by atoms with Crippen molar-refractivity contribution in [2.75, 3.05) is 5.75 Å². The molecular weight excluding hydrogens is 396 g/mol. The zero-order valence-electron chi connectivity index (χ0n) is 15.5. The van der Waals surface area contributed by atoms with Crippen LogP contribution in [0.3, 0.4) is 0 Å². The van der Waals surface area contributed by atoms with Crippen LogP contribution in [0, 0.1) is 0 Å². The Labute approximate surface area is 172 Å². The summed E-state index contributed by atoms with van der Waals surface area (Å²) in [6, 6.07) is 11.1. The predicted octanol–water partition coefficient (Wildman–Crippen LogP) is 3.65. The van der Waals surface area contributed by atoms with Crippen molar-refractivity contribution in [3.63, 3.8) is 0 Å². The minimum absolute atomic E-state index is 0.186. The van der Waals surface area contributed by atoms with Crippen LogP contribution in [0.25, 0.3) is 11.4 Å². The highest BCUT2D eigenvalue weighted by Crippen LogP contribution is 2.24. The second kappa shape index (κ2) is 9.48. The number of hydrogen-bond acceptors (Lipinski definition) is 6. The number of thioether (sulfide) groups is 1. The average molecular weight is 415 g/mol. The lowest BCUT2D eigenvalue weighted by atomic mass is 10.2. The fourth-order valence-corrected chi connectivity index (χ4v) is 3.38. The standard InChI is InChI=1S/C19H19ClN6OS/c1-3-26-18(15-4-6-16(20)7-5-15)24-25-19(26)28-12-17(27)23-22-13(2)14-8-10-21-11-9-14/h4-11H,3,12H2,1-2H3,(H,23,27)/b22-13+. The van der Waals surface area contributed by atoms with E-state index in [1.165, 1.54) is 11.8 Å². The molecule has 0 radical (unpaired) electrons. The second-order valence-electron chi connectivity index (χ2n) is 5.81. The van der Waals surface area contributed by atoms with Crippen molar-refractivity contribution in [1.29, 1.82) is 0 Å². The third-order valence-electron chi connectivity index (χ3n) is 3.91. The SMILES string of the molecule is CCn1c(SCC(=O)N/N=C(\C)c2ccncc2)nnc1-c1ccc(Cl)cc1. The summed E-state index contributed by atoms with van der Waals surface area (Å²) in [6.07, 6.45) is 3.36. The first-order valence-corrected chi connectivity index (χ1v) is 10.00. The maximum atomic E-state index is 12.1. The number of halogens is 1. The number of nitrogens with zero attached hydrogens (tertiary/aromatic N) is 5. The van der Waals surface area contributed by atoms with Crippen LogP contribution in [0.1, 0.15) is 19.4 Å². The maximum Gasteiger partial charge on any atom is 0.250 e. The van der Waals surface area contributed by atoms with Gasteiger partial charge in [-0.1, -0.05) is 23.4 Å². The van der Waals surface area contributed by atoms with Crippen LogP contribution in [-0.4, -0.2) is 37.1 Å². The van der Waals surface area contributed by atoms with Crippen molar-refractivity contribution in [2.45, 2.75) is 25.5 Å². The molecule has 2 aromatic heterocycles. The molecule has 0 bridgehead atoms. The summed E-state index contributed by atoms with van der Waals surface area (Å²) < 4.78 is 1.96. The van der Waals surface area contributed by atoms with Gasteiger partial charge in [-0.3, -0.25) is 9.78 Å². The molecule has 0 saturated heterocycles. The highest BCUT2D eigenvalue weighted by molar-refractivity contribution is 7.99. The predicted molar refractivity (Wildman–Crippen MR) is 111 cm³/mol. The summed E-state index contributed by atoms with van der Waals surface area (Å²) >= 11 is 7.27. The first-order valence-electron chi connectivity index (χ1n) is 8.64. The molecule has 0 aliphatic rings. The molecule has 1 aromatic carbocycles. The molecule has 0 aliphatic heterocycles. The van der Waals surface area contributed by atoms with E-state index in [0.29, 0.717) is 22.4 Å². The smallest absolute Gasteiger partial charge is 0.250 e.